The fraction of sp³-hybridized carbons (Fsp3) is 0.588. The zero-order valence-corrected chi connectivity index (χ0v) is 13.5. The van der Waals surface area contributed by atoms with Gasteiger partial charge in [-0.05, 0) is 32.0 Å². The number of carbonyl (C=O) groups is 1. The maximum atomic E-state index is 12.9. The molecule has 2 rings (SSSR count). The Morgan fingerprint density at radius 1 is 1.14 bits per heavy atom. The molecule has 1 unspecified atom stereocenters. The van der Waals surface area contributed by atoms with Crippen LogP contribution < -0.4 is 9.47 Å². The van der Waals surface area contributed by atoms with Gasteiger partial charge in [0.2, 0.25) is 5.78 Å². The molecule has 0 N–H and O–H groups in total. The Balaban J connectivity index is 2.29. The molecular formula is C17H26NO3+. The zero-order chi connectivity index (χ0) is 15.5. The normalized spacial score (nSPS) is 15.6. The SMILES string of the molecule is CCC(C(=O)c1ccc2c(c1)OCCO2)[N+](C)(CC)CC. The first kappa shape index (κ1) is 15.8. The van der Waals surface area contributed by atoms with Crippen molar-refractivity contribution in [3.63, 3.8) is 0 Å². The number of benzene rings is 1. The lowest BCUT2D eigenvalue weighted by atomic mass is 9.98. The molecular weight excluding hydrogens is 266 g/mol. The van der Waals surface area contributed by atoms with Crippen LogP contribution in [0.3, 0.4) is 0 Å². The third-order valence-electron chi connectivity index (χ3n) is 4.71. The summed E-state index contributed by atoms with van der Waals surface area (Å²) in [6.45, 7) is 9.38. The lowest BCUT2D eigenvalue weighted by Gasteiger charge is -2.39. The van der Waals surface area contributed by atoms with Gasteiger partial charge >= 0.3 is 0 Å². The van der Waals surface area contributed by atoms with Gasteiger partial charge in [-0.3, -0.25) is 4.79 Å². The van der Waals surface area contributed by atoms with Crippen LogP contribution in [0.15, 0.2) is 18.2 Å². The van der Waals surface area contributed by atoms with Crippen LogP contribution in [0.1, 0.15) is 37.6 Å². The van der Waals surface area contributed by atoms with Crippen molar-refractivity contribution in [2.24, 2.45) is 0 Å². The highest BCUT2D eigenvalue weighted by Gasteiger charge is 2.35. The summed E-state index contributed by atoms with van der Waals surface area (Å²) in [5.74, 6) is 1.61. The van der Waals surface area contributed by atoms with Crippen molar-refractivity contribution in [2.75, 3.05) is 33.4 Å². The first-order valence-corrected chi connectivity index (χ1v) is 7.83. The van der Waals surface area contributed by atoms with E-state index in [4.69, 9.17) is 9.47 Å². The average Bonchev–Trinajstić information content (AvgIpc) is 2.54. The molecule has 1 atom stereocenters. The predicted octanol–water partition coefficient (Wildman–Crippen LogP) is 2.91. The first-order chi connectivity index (χ1) is 10.1. The van der Waals surface area contributed by atoms with E-state index >= 15 is 0 Å². The van der Waals surface area contributed by atoms with E-state index in [2.05, 4.69) is 27.8 Å². The number of ketones is 1. The van der Waals surface area contributed by atoms with Crippen LogP contribution in [0.4, 0.5) is 0 Å². The number of carbonyl (C=O) groups excluding carboxylic acids is 1. The summed E-state index contributed by atoms with van der Waals surface area (Å²) < 4.78 is 11.9. The number of nitrogens with zero attached hydrogens (tertiary/aromatic N) is 1. The number of fused-ring (bicyclic) bond motifs is 1. The standard InChI is InChI=1S/C17H26NO3/c1-5-14(18(4,6-2)7-3)17(19)13-8-9-15-16(12-13)21-11-10-20-15/h8-9,12,14H,5-7,10-11H2,1-4H3/q+1. The molecule has 0 fully saturated rings. The van der Waals surface area contributed by atoms with Crippen molar-refractivity contribution in [3.8, 4) is 11.5 Å². The van der Waals surface area contributed by atoms with Crippen molar-refractivity contribution >= 4 is 5.78 Å². The molecule has 0 saturated heterocycles. The highest BCUT2D eigenvalue weighted by atomic mass is 16.6. The van der Waals surface area contributed by atoms with Crippen molar-refractivity contribution in [3.05, 3.63) is 23.8 Å². The second-order valence-corrected chi connectivity index (χ2v) is 5.76. The van der Waals surface area contributed by atoms with Gasteiger partial charge in [-0.2, -0.15) is 0 Å². The summed E-state index contributed by atoms with van der Waals surface area (Å²) in [7, 11) is 2.16. The van der Waals surface area contributed by atoms with Crippen LogP contribution in [-0.4, -0.2) is 49.7 Å². The molecule has 1 aliphatic rings. The van der Waals surface area contributed by atoms with Crippen molar-refractivity contribution in [2.45, 2.75) is 33.2 Å². The van der Waals surface area contributed by atoms with Crippen molar-refractivity contribution in [1.82, 2.24) is 0 Å². The predicted molar refractivity (Wildman–Crippen MR) is 83.1 cm³/mol. The lowest BCUT2D eigenvalue weighted by molar-refractivity contribution is -0.920. The summed E-state index contributed by atoms with van der Waals surface area (Å²) in [6.07, 6.45) is 0.839. The van der Waals surface area contributed by atoms with Gasteiger partial charge in [-0.15, -0.1) is 0 Å². The molecule has 4 heteroatoms. The summed E-state index contributed by atoms with van der Waals surface area (Å²) in [6, 6.07) is 5.52. The van der Waals surface area contributed by atoms with E-state index in [-0.39, 0.29) is 11.8 Å². The first-order valence-electron chi connectivity index (χ1n) is 7.83. The van der Waals surface area contributed by atoms with E-state index in [9.17, 15) is 4.79 Å². The smallest absolute Gasteiger partial charge is 0.220 e. The topological polar surface area (TPSA) is 35.5 Å². The number of hydrogen-bond acceptors (Lipinski definition) is 3. The van der Waals surface area contributed by atoms with Gasteiger partial charge in [-0.25, -0.2) is 0 Å². The third-order valence-corrected chi connectivity index (χ3v) is 4.71. The number of quaternary nitrogens is 1. The third kappa shape index (κ3) is 3.05. The zero-order valence-electron chi connectivity index (χ0n) is 13.5. The van der Waals surface area contributed by atoms with Gasteiger partial charge in [0.25, 0.3) is 0 Å². The number of ether oxygens (including phenoxy) is 2. The van der Waals surface area contributed by atoms with Crippen molar-refractivity contribution in [1.29, 1.82) is 0 Å². The monoisotopic (exact) mass is 292 g/mol. The van der Waals surface area contributed by atoms with Crippen LogP contribution in [0, 0.1) is 0 Å². The second-order valence-electron chi connectivity index (χ2n) is 5.76. The largest absolute Gasteiger partial charge is 0.486 e. The Labute approximate surface area is 127 Å². The van der Waals surface area contributed by atoms with Gasteiger partial charge in [-0.1, -0.05) is 6.92 Å². The second kappa shape index (κ2) is 6.48. The van der Waals surface area contributed by atoms with Crippen molar-refractivity contribution < 1.29 is 18.8 Å². The number of likely N-dealkylation sites (N-methyl/N-ethyl adjacent to an activating group) is 1. The number of hydrogen-bond donors (Lipinski definition) is 0. The minimum Gasteiger partial charge on any atom is -0.486 e. The Morgan fingerprint density at radius 2 is 1.76 bits per heavy atom. The molecule has 0 saturated carbocycles. The Morgan fingerprint density at radius 3 is 2.33 bits per heavy atom. The van der Waals surface area contributed by atoms with Crippen LogP contribution in [0.2, 0.25) is 0 Å². The van der Waals surface area contributed by atoms with Crippen LogP contribution in [0.5, 0.6) is 11.5 Å². The fourth-order valence-electron chi connectivity index (χ4n) is 2.96. The quantitative estimate of drug-likeness (QED) is 0.597. The molecule has 0 bridgehead atoms. The van der Waals surface area contributed by atoms with E-state index in [1.165, 1.54) is 0 Å². The molecule has 4 nitrogen and oxygen atoms in total. The molecule has 116 valence electrons. The van der Waals surface area contributed by atoms with Gasteiger partial charge in [0, 0.05) is 12.0 Å². The van der Waals surface area contributed by atoms with E-state index in [0.717, 1.165) is 35.3 Å². The number of rotatable bonds is 6. The molecule has 1 aromatic rings. The average molecular weight is 292 g/mol. The Kier molecular flexibility index (Phi) is 4.88. The van der Waals surface area contributed by atoms with Crippen LogP contribution in [-0.2, 0) is 0 Å². The minimum atomic E-state index is -0.0115. The number of Topliss-reactive ketones (excluding diaryl/α,β-unsaturated/α-hetero) is 1. The minimum absolute atomic E-state index is 0.0115. The summed E-state index contributed by atoms with van der Waals surface area (Å²) in [5, 5.41) is 0. The summed E-state index contributed by atoms with van der Waals surface area (Å²) >= 11 is 0. The van der Waals surface area contributed by atoms with Crippen LogP contribution >= 0.6 is 0 Å². The summed E-state index contributed by atoms with van der Waals surface area (Å²) in [5.41, 5.74) is 0.720. The molecule has 0 aromatic heterocycles. The Hall–Kier alpha value is -1.55. The maximum absolute atomic E-state index is 12.9. The van der Waals surface area contributed by atoms with E-state index < -0.39 is 0 Å². The van der Waals surface area contributed by atoms with E-state index in [1.54, 1.807) is 0 Å². The van der Waals surface area contributed by atoms with Gasteiger partial charge in [0.1, 0.15) is 13.2 Å². The highest BCUT2D eigenvalue weighted by molar-refractivity contribution is 6.00. The molecule has 21 heavy (non-hydrogen) atoms. The molecule has 1 aliphatic heterocycles. The molecule has 0 aliphatic carbocycles. The van der Waals surface area contributed by atoms with E-state index in [0.29, 0.717) is 19.0 Å². The molecule has 0 spiro atoms. The maximum Gasteiger partial charge on any atom is 0.220 e. The molecule has 0 amide bonds. The lowest BCUT2D eigenvalue weighted by Crippen LogP contribution is -2.55. The highest BCUT2D eigenvalue weighted by Crippen LogP contribution is 2.32. The van der Waals surface area contributed by atoms with Gasteiger partial charge in [0.15, 0.2) is 17.5 Å². The van der Waals surface area contributed by atoms with Crippen LogP contribution in [0.25, 0.3) is 0 Å². The Bertz CT molecular complexity index is 509. The molecule has 0 radical (unpaired) electrons. The molecule has 1 aromatic carbocycles. The van der Waals surface area contributed by atoms with Gasteiger partial charge in [0.05, 0.1) is 20.1 Å². The molecule has 1 heterocycles. The summed E-state index contributed by atoms with van der Waals surface area (Å²) in [4.78, 5) is 12.9. The fourth-order valence-corrected chi connectivity index (χ4v) is 2.96. The van der Waals surface area contributed by atoms with E-state index in [1.807, 2.05) is 18.2 Å². The van der Waals surface area contributed by atoms with Gasteiger partial charge < -0.3 is 14.0 Å².